The Balaban J connectivity index is 2.64. The highest BCUT2D eigenvalue weighted by Gasteiger charge is 2.13. The van der Waals surface area contributed by atoms with Crippen LogP contribution in [0.4, 0.5) is 0 Å². The van der Waals surface area contributed by atoms with Gasteiger partial charge in [-0.3, -0.25) is 4.68 Å². The second-order valence-electron chi connectivity index (χ2n) is 4.16. The molecule has 0 saturated carbocycles. The molecule has 1 N–H and O–H groups in total. The second-order valence-corrected chi connectivity index (χ2v) is 4.16. The van der Waals surface area contributed by atoms with Crippen molar-refractivity contribution in [3.8, 4) is 0 Å². The number of nitrogens with one attached hydrogen (secondary N) is 1. The van der Waals surface area contributed by atoms with E-state index in [1.807, 2.05) is 25.7 Å². The van der Waals surface area contributed by atoms with Crippen molar-refractivity contribution in [2.45, 2.75) is 33.2 Å². The molecule has 1 rings (SSSR count). The average Bonchev–Trinajstić information content (AvgIpc) is 2.44. The SMILES string of the molecule is CNC(C)C(C)Cc1cc(C)nn1C. The topological polar surface area (TPSA) is 29.9 Å². The van der Waals surface area contributed by atoms with Gasteiger partial charge in [0.15, 0.2) is 0 Å². The summed E-state index contributed by atoms with van der Waals surface area (Å²) in [6.45, 7) is 6.52. The van der Waals surface area contributed by atoms with E-state index in [2.05, 4.69) is 30.3 Å². The summed E-state index contributed by atoms with van der Waals surface area (Å²) >= 11 is 0. The molecule has 3 heteroatoms. The largest absolute Gasteiger partial charge is 0.317 e. The van der Waals surface area contributed by atoms with Crippen LogP contribution >= 0.6 is 0 Å². The maximum atomic E-state index is 4.35. The molecule has 0 aliphatic carbocycles. The third-order valence-corrected chi connectivity index (χ3v) is 2.94. The van der Waals surface area contributed by atoms with E-state index in [9.17, 15) is 0 Å². The summed E-state index contributed by atoms with van der Waals surface area (Å²) in [4.78, 5) is 0. The molecule has 0 bridgehead atoms. The first kappa shape index (κ1) is 11.2. The monoisotopic (exact) mass is 195 g/mol. The highest BCUT2D eigenvalue weighted by atomic mass is 15.3. The number of rotatable bonds is 4. The Bertz CT molecular complexity index is 291. The Labute approximate surface area is 86.5 Å². The lowest BCUT2D eigenvalue weighted by atomic mass is 9.98. The smallest absolute Gasteiger partial charge is 0.0596 e. The lowest BCUT2D eigenvalue weighted by Crippen LogP contribution is -2.30. The van der Waals surface area contributed by atoms with Crippen LogP contribution in [-0.2, 0) is 13.5 Å². The molecule has 0 aromatic carbocycles. The Kier molecular flexibility index (Phi) is 3.69. The van der Waals surface area contributed by atoms with Gasteiger partial charge in [-0.1, -0.05) is 6.92 Å². The fourth-order valence-electron chi connectivity index (χ4n) is 1.65. The molecule has 0 fully saturated rings. The quantitative estimate of drug-likeness (QED) is 0.789. The van der Waals surface area contributed by atoms with Crippen molar-refractivity contribution in [1.82, 2.24) is 15.1 Å². The minimum absolute atomic E-state index is 0.546. The van der Waals surface area contributed by atoms with Gasteiger partial charge in [0.1, 0.15) is 0 Å². The van der Waals surface area contributed by atoms with Crippen molar-refractivity contribution in [3.05, 3.63) is 17.5 Å². The molecule has 0 spiro atoms. The molecule has 3 nitrogen and oxygen atoms in total. The van der Waals surface area contributed by atoms with Gasteiger partial charge >= 0.3 is 0 Å². The van der Waals surface area contributed by atoms with Crippen LogP contribution in [0.3, 0.4) is 0 Å². The lowest BCUT2D eigenvalue weighted by Gasteiger charge is -2.18. The molecular formula is C11H21N3. The fourth-order valence-corrected chi connectivity index (χ4v) is 1.65. The van der Waals surface area contributed by atoms with E-state index < -0.39 is 0 Å². The van der Waals surface area contributed by atoms with Crippen LogP contribution in [0.25, 0.3) is 0 Å². The Morgan fingerprint density at radius 1 is 1.50 bits per heavy atom. The third-order valence-electron chi connectivity index (χ3n) is 2.94. The van der Waals surface area contributed by atoms with E-state index in [-0.39, 0.29) is 0 Å². The molecule has 0 amide bonds. The van der Waals surface area contributed by atoms with Crippen LogP contribution in [0.5, 0.6) is 0 Å². The Hall–Kier alpha value is -0.830. The molecule has 1 aromatic rings. The van der Waals surface area contributed by atoms with Crippen LogP contribution in [-0.4, -0.2) is 22.9 Å². The lowest BCUT2D eigenvalue weighted by molar-refractivity contribution is 0.414. The minimum Gasteiger partial charge on any atom is -0.317 e. The summed E-state index contributed by atoms with van der Waals surface area (Å²) in [5.41, 5.74) is 2.42. The highest BCUT2D eigenvalue weighted by Crippen LogP contribution is 2.12. The van der Waals surface area contributed by atoms with Gasteiger partial charge in [-0.2, -0.15) is 5.10 Å². The number of aromatic nitrogens is 2. The minimum atomic E-state index is 0.546. The molecule has 2 unspecified atom stereocenters. The molecule has 14 heavy (non-hydrogen) atoms. The van der Waals surface area contributed by atoms with E-state index >= 15 is 0 Å². The summed E-state index contributed by atoms with van der Waals surface area (Å²) in [5.74, 6) is 0.634. The number of hydrogen-bond acceptors (Lipinski definition) is 2. The van der Waals surface area contributed by atoms with Crippen molar-refractivity contribution >= 4 is 0 Å². The standard InChI is InChI=1S/C11H21N3/c1-8(10(3)12-4)6-11-7-9(2)13-14(11)5/h7-8,10,12H,6H2,1-5H3. The summed E-state index contributed by atoms with van der Waals surface area (Å²) in [6, 6.07) is 2.71. The van der Waals surface area contributed by atoms with E-state index in [1.165, 1.54) is 5.69 Å². The number of nitrogens with zero attached hydrogens (tertiary/aromatic N) is 2. The van der Waals surface area contributed by atoms with Gasteiger partial charge < -0.3 is 5.32 Å². The molecular weight excluding hydrogens is 174 g/mol. The van der Waals surface area contributed by atoms with Gasteiger partial charge in [-0.15, -0.1) is 0 Å². The first-order valence-corrected chi connectivity index (χ1v) is 5.21. The summed E-state index contributed by atoms with van der Waals surface area (Å²) in [5, 5.41) is 7.63. The van der Waals surface area contributed by atoms with E-state index in [0.717, 1.165) is 12.1 Å². The van der Waals surface area contributed by atoms with Gasteiger partial charge in [-0.05, 0) is 39.3 Å². The number of aryl methyl sites for hydroxylation is 2. The molecule has 80 valence electrons. The summed E-state index contributed by atoms with van der Waals surface area (Å²) in [6.07, 6.45) is 1.08. The maximum Gasteiger partial charge on any atom is 0.0596 e. The maximum absolute atomic E-state index is 4.35. The first-order valence-electron chi connectivity index (χ1n) is 5.21. The Morgan fingerprint density at radius 3 is 2.57 bits per heavy atom. The molecule has 2 atom stereocenters. The zero-order valence-corrected chi connectivity index (χ0v) is 9.83. The third kappa shape index (κ3) is 2.58. The van der Waals surface area contributed by atoms with Crippen LogP contribution in [0.15, 0.2) is 6.07 Å². The average molecular weight is 195 g/mol. The molecule has 1 heterocycles. The van der Waals surface area contributed by atoms with Gasteiger partial charge in [0.2, 0.25) is 0 Å². The van der Waals surface area contributed by atoms with Crippen molar-refractivity contribution < 1.29 is 0 Å². The van der Waals surface area contributed by atoms with Crippen LogP contribution in [0, 0.1) is 12.8 Å². The van der Waals surface area contributed by atoms with Crippen LogP contribution in [0.1, 0.15) is 25.2 Å². The van der Waals surface area contributed by atoms with Gasteiger partial charge in [-0.25, -0.2) is 0 Å². The van der Waals surface area contributed by atoms with Crippen molar-refractivity contribution in [2.75, 3.05) is 7.05 Å². The zero-order chi connectivity index (χ0) is 10.7. The van der Waals surface area contributed by atoms with Crippen LogP contribution in [0.2, 0.25) is 0 Å². The van der Waals surface area contributed by atoms with Gasteiger partial charge in [0.05, 0.1) is 5.69 Å². The van der Waals surface area contributed by atoms with Crippen molar-refractivity contribution in [1.29, 1.82) is 0 Å². The zero-order valence-electron chi connectivity index (χ0n) is 9.83. The van der Waals surface area contributed by atoms with Gasteiger partial charge in [0.25, 0.3) is 0 Å². The normalized spacial score (nSPS) is 15.5. The van der Waals surface area contributed by atoms with E-state index in [0.29, 0.717) is 12.0 Å². The summed E-state index contributed by atoms with van der Waals surface area (Å²) < 4.78 is 1.98. The van der Waals surface area contributed by atoms with Gasteiger partial charge in [0, 0.05) is 18.8 Å². The summed E-state index contributed by atoms with van der Waals surface area (Å²) in [7, 11) is 4.02. The highest BCUT2D eigenvalue weighted by molar-refractivity contribution is 5.09. The molecule has 0 saturated heterocycles. The predicted octanol–water partition coefficient (Wildman–Crippen LogP) is 1.52. The first-order chi connectivity index (χ1) is 6.54. The number of hydrogen-bond donors (Lipinski definition) is 1. The van der Waals surface area contributed by atoms with Crippen LogP contribution < -0.4 is 5.32 Å². The molecule has 0 aliphatic heterocycles. The fraction of sp³-hybridized carbons (Fsp3) is 0.727. The molecule has 0 radical (unpaired) electrons. The second kappa shape index (κ2) is 4.60. The van der Waals surface area contributed by atoms with E-state index in [1.54, 1.807) is 0 Å². The predicted molar refractivity (Wildman–Crippen MR) is 59.3 cm³/mol. The van der Waals surface area contributed by atoms with E-state index in [4.69, 9.17) is 0 Å². The Morgan fingerprint density at radius 2 is 2.14 bits per heavy atom. The van der Waals surface area contributed by atoms with Crippen molar-refractivity contribution in [2.24, 2.45) is 13.0 Å². The molecule has 0 aliphatic rings. The molecule has 1 aromatic heterocycles. The van der Waals surface area contributed by atoms with Crippen molar-refractivity contribution in [3.63, 3.8) is 0 Å².